The zero-order chi connectivity index (χ0) is 14.2. The van der Waals surface area contributed by atoms with E-state index in [1.54, 1.807) is 19.2 Å². The van der Waals surface area contributed by atoms with Gasteiger partial charge in [0.1, 0.15) is 11.6 Å². The molecule has 0 aliphatic rings. The fourth-order valence-electron chi connectivity index (χ4n) is 1.73. The maximum atomic E-state index is 11.6. The van der Waals surface area contributed by atoms with Gasteiger partial charge in [0.15, 0.2) is 9.84 Å². The molecule has 19 heavy (non-hydrogen) atoms. The molecule has 2 aromatic rings. The second kappa shape index (κ2) is 4.58. The topological polar surface area (TPSA) is 87.2 Å². The first-order chi connectivity index (χ1) is 8.82. The number of benzene rings is 1. The summed E-state index contributed by atoms with van der Waals surface area (Å²) in [5.41, 5.74) is 6.90. The van der Waals surface area contributed by atoms with E-state index in [0.29, 0.717) is 22.8 Å². The van der Waals surface area contributed by atoms with E-state index < -0.39 is 9.84 Å². The maximum Gasteiger partial charge on any atom is 0.175 e. The van der Waals surface area contributed by atoms with Crippen LogP contribution in [-0.2, 0) is 16.9 Å². The second-order valence-corrected chi connectivity index (χ2v) is 6.23. The van der Waals surface area contributed by atoms with Gasteiger partial charge in [-0.25, -0.2) is 8.42 Å². The molecule has 6 nitrogen and oxygen atoms in total. The van der Waals surface area contributed by atoms with E-state index in [9.17, 15) is 8.42 Å². The maximum absolute atomic E-state index is 11.6. The Labute approximate surface area is 111 Å². The minimum Gasteiger partial charge on any atom is -0.496 e. The molecule has 7 heteroatoms. The Hall–Kier alpha value is -2.02. The number of hydrogen-bond acceptors (Lipinski definition) is 5. The monoisotopic (exact) mass is 281 g/mol. The third-order valence-corrected chi connectivity index (χ3v) is 3.90. The standard InChI is InChI=1S/C12H15N3O3S/c1-15-12(13)7-10(14-15)9-6-8(19(3,16)17)4-5-11(9)18-2/h4-7H,13H2,1-3H3. The van der Waals surface area contributed by atoms with Gasteiger partial charge in [-0.15, -0.1) is 0 Å². The van der Waals surface area contributed by atoms with E-state index in [-0.39, 0.29) is 4.90 Å². The number of ether oxygens (including phenoxy) is 1. The first-order valence-electron chi connectivity index (χ1n) is 5.51. The van der Waals surface area contributed by atoms with Crippen LogP contribution in [-0.4, -0.2) is 31.6 Å². The molecule has 0 bridgehead atoms. The molecule has 0 aliphatic carbocycles. The van der Waals surface area contributed by atoms with Gasteiger partial charge >= 0.3 is 0 Å². The van der Waals surface area contributed by atoms with Crippen molar-refractivity contribution in [2.75, 3.05) is 19.1 Å². The molecule has 0 atom stereocenters. The van der Waals surface area contributed by atoms with E-state index in [1.165, 1.54) is 23.9 Å². The second-order valence-electron chi connectivity index (χ2n) is 4.21. The van der Waals surface area contributed by atoms with Crippen molar-refractivity contribution in [2.24, 2.45) is 7.05 Å². The number of sulfone groups is 1. The van der Waals surface area contributed by atoms with Crippen LogP contribution in [0.3, 0.4) is 0 Å². The first-order valence-corrected chi connectivity index (χ1v) is 7.40. The molecular weight excluding hydrogens is 266 g/mol. The van der Waals surface area contributed by atoms with E-state index >= 15 is 0 Å². The summed E-state index contributed by atoms with van der Waals surface area (Å²) < 4.78 is 29.9. The molecule has 2 rings (SSSR count). The number of nitrogen functional groups attached to an aromatic ring is 1. The number of nitrogens with two attached hydrogens (primary N) is 1. The summed E-state index contributed by atoms with van der Waals surface area (Å²) in [6, 6.07) is 6.32. The SMILES string of the molecule is COc1ccc(S(C)(=O)=O)cc1-c1cc(N)n(C)n1. The highest BCUT2D eigenvalue weighted by atomic mass is 32.2. The summed E-state index contributed by atoms with van der Waals surface area (Å²) in [6.45, 7) is 0. The fourth-order valence-corrected chi connectivity index (χ4v) is 2.38. The van der Waals surface area contributed by atoms with E-state index in [0.717, 1.165) is 6.26 Å². The molecular formula is C12H15N3O3S. The van der Waals surface area contributed by atoms with Crippen LogP contribution in [0, 0.1) is 0 Å². The van der Waals surface area contributed by atoms with E-state index in [2.05, 4.69) is 5.10 Å². The summed E-state index contributed by atoms with van der Waals surface area (Å²) >= 11 is 0. The number of anilines is 1. The lowest BCUT2D eigenvalue weighted by molar-refractivity contribution is 0.416. The highest BCUT2D eigenvalue weighted by molar-refractivity contribution is 7.90. The van der Waals surface area contributed by atoms with Gasteiger partial charge in [0.05, 0.1) is 17.7 Å². The number of methoxy groups -OCH3 is 1. The van der Waals surface area contributed by atoms with Crippen molar-refractivity contribution in [1.29, 1.82) is 0 Å². The summed E-state index contributed by atoms with van der Waals surface area (Å²) in [6.07, 6.45) is 1.16. The number of rotatable bonds is 3. The van der Waals surface area contributed by atoms with Crippen molar-refractivity contribution in [3.05, 3.63) is 24.3 Å². The Morgan fingerprint density at radius 1 is 1.32 bits per heavy atom. The number of aromatic nitrogens is 2. The molecule has 0 saturated heterocycles. The van der Waals surface area contributed by atoms with Gasteiger partial charge in [-0.3, -0.25) is 4.68 Å². The Bertz CT molecular complexity index is 700. The van der Waals surface area contributed by atoms with Crippen LogP contribution in [0.2, 0.25) is 0 Å². The van der Waals surface area contributed by atoms with Gasteiger partial charge in [0, 0.05) is 24.9 Å². The average molecular weight is 281 g/mol. The molecule has 1 aromatic carbocycles. The molecule has 0 amide bonds. The van der Waals surface area contributed by atoms with Crippen LogP contribution in [0.25, 0.3) is 11.3 Å². The van der Waals surface area contributed by atoms with Crippen LogP contribution in [0.4, 0.5) is 5.82 Å². The normalized spacial score (nSPS) is 11.5. The van der Waals surface area contributed by atoms with Gasteiger partial charge in [0.2, 0.25) is 0 Å². The van der Waals surface area contributed by atoms with Crippen LogP contribution >= 0.6 is 0 Å². The zero-order valence-electron chi connectivity index (χ0n) is 10.9. The van der Waals surface area contributed by atoms with Gasteiger partial charge in [-0.05, 0) is 18.2 Å². The van der Waals surface area contributed by atoms with Crippen molar-refractivity contribution in [3.63, 3.8) is 0 Å². The van der Waals surface area contributed by atoms with Crippen molar-refractivity contribution in [3.8, 4) is 17.0 Å². The molecule has 1 heterocycles. The molecule has 0 radical (unpaired) electrons. The number of aryl methyl sites for hydroxylation is 1. The molecule has 102 valence electrons. The van der Waals surface area contributed by atoms with Crippen molar-refractivity contribution < 1.29 is 13.2 Å². The predicted octanol–water partition coefficient (Wildman–Crippen LogP) is 1.08. The van der Waals surface area contributed by atoms with Crippen LogP contribution in [0.15, 0.2) is 29.2 Å². The first kappa shape index (κ1) is 13.4. The van der Waals surface area contributed by atoms with Gasteiger partial charge in [-0.2, -0.15) is 5.10 Å². The lowest BCUT2D eigenvalue weighted by Crippen LogP contribution is -1.99. The highest BCUT2D eigenvalue weighted by Crippen LogP contribution is 2.32. The minimum atomic E-state index is -3.28. The smallest absolute Gasteiger partial charge is 0.175 e. The summed E-state index contributed by atoms with van der Waals surface area (Å²) in [5, 5.41) is 4.23. The summed E-state index contributed by atoms with van der Waals surface area (Å²) in [7, 11) is -0.0499. The van der Waals surface area contributed by atoms with E-state index in [1.807, 2.05) is 0 Å². The summed E-state index contributed by atoms with van der Waals surface area (Å²) in [4.78, 5) is 0.215. The quantitative estimate of drug-likeness (QED) is 0.909. The molecule has 0 saturated carbocycles. The Morgan fingerprint density at radius 2 is 2.00 bits per heavy atom. The molecule has 0 unspecified atom stereocenters. The number of hydrogen-bond donors (Lipinski definition) is 1. The average Bonchev–Trinajstić information content (AvgIpc) is 2.67. The van der Waals surface area contributed by atoms with Crippen LogP contribution in [0.5, 0.6) is 5.75 Å². The molecule has 0 fully saturated rings. The summed E-state index contributed by atoms with van der Waals surface area (Å²) in [5.74, 6) is 1.03. The molecule has 1 aromatic heterocycles. The Kier molecular flexibility index (Phi) is 3.23. The third-order valence-electron chi connectivity index (χ3n) is 2.79. The molecule has 0 spiro atoms. The largest absolute Gasteiger partial charge is 0.496 e. The molecule has 0 aliphatic heterocycles. The van der Waals surface area contributed by atoms with Gasteiger partial charge < -0.3 is 10.5 Å². The van der Waals surface area contributed by atoms with Crippen molar-refractivity contribution >= 4 is 15.7 Å². The van der Waals surface area contributed by atoms with E-state index in [4.69, 9.17) is 10.5 Å². The van der Waals surface area contributed by atoms with Crippen molar-refractivity contribution in [2.45, 2.75) is 4.90 Å². The third kappa shape index (κ3) is 2.55. The highest BCUT2D eigenvalue weighted by Gasteiger charge is 2.15. The predicted molar refractivity (Wildman–Crippen MR) is 72.7 cm³/mol. The lowest BCUT2D eigenvalue weighted by atomic mass is 10.1. The Balaban J connectivity index is 2.66. The number of nitrogens with zero attached hydrogens (tertiary/aromatic N) is 2. The van der Waals surface area contributed by atoms with Crippen LogP contribution in [0.1, 0.15) is 0 Å². The van der Waals surface area contributed by atoms with Crippen LogP contribution < -0.4 is 10.5 Å². The fraction of sp³-hybridized carbons (Fsp3) is 0.250. The Morgan fingerprint density at radius 3 is 2.47 bits per heavy atom. The van der Waals surface area contributed by atoms with Gasteiger partial charge in [0.25, 0.3) is 0 Å². The lowest BCUT2D eigenvalue weighted by Gasteiger charge is -2.08. The van der Waals surface area contributed by atoms with Crippen molar-refractivity contribution in [1.82, 2.24) is 9.78 Å². The zero-order valence-corrected chi connectivity index (χ0v) is 11.7. The minimum absolute atomic E-state index is 0.215. The molecule has 2 N–H and O–H groups in total. The van der Waals surface area contributed by atoms with Gasteiger partial charge in [-0.1, -0.05) is 0 Å².